The van der Waals surface area contributed by atoms with E-state index in [1.807, 2.05) is 24.3 Å². The fraction of sp³-hybridized carbons (Fsp3) is 0.214. The van der Waals surface area contributed by atoms with E-state index < -0.39 is 5.97 Å². The molecular weight excluding hydrogens is 322 g/mol. The van der Waals surface area contributed by atoms with Crippen molar-refractivity contribution in [2.24, 2.45) is 0 Å². The normalized spacial score (nSPS) is 10.2. The van der Waals surface area contributed by atoms with Crippen molar-refractivity contribution in [3.63, 3.8) is 0 Å². The van der Waals surface area contributed by atoms with Crippen LogP contribution in [0, 0.1) is 0 Å². The number of hydrogen-bond acceptors (Lipinski definition) is 4. The van der Waals surface area contributed by atoms with Crippen molar-refractivity contribution in [2.45, 2.75) is 12.8 Å². The summed E-state index contributed by atoms with van der Waals surface area (Å²) in [5, 5.41) is 11.5. The monoisotopic (exact) mass is 335 g/mol. The average molecular weight is 336 g/mol. The molecule has 0 bridgehead atoms. The molecule has 2 rings (SSSR count). The van der Waals surface area contributed by atoms with E-state index in [0.29, 0.717) is 18.9 Å². The molecule has 0 aliphatic carbocycles. The van der Waals surface area contributed by atoms with Gasteiger partial charge in [-0.15, -0.1) is 0 Å². The summed E-state index contributed by atoms with van der Waals surface area (Å²) in [5.74, 6) is -0.285. The first-order valence-electron chi connectivity index (χ1n) is 6.19. The van der Waals surface area contributed by atoms with E-state index in [1.165, 1.54) is 0 Å². The summed E-state index contributed by atoms with van der Waals surface area (Å²) in [7, 11) is 0. The Morgan fingerprint density at radius 3 is 2.65 bits per heavy atom. The molecule has 1 aromatic carbocycles. The van der Waals surface area contributed by atoms with E-state index >= 15 is 0 Å². The molecule has 104 valence electrons. The van der Waals surface area contributed by atoms with Gasteiger partial charge in [0.1, 0.15) is 0 Å². The number of nitrogens with one attached hydrogen (secondary N) is 1. The number of anilines is 1. The zero-order valence-electron chi connectivity index (χ0n) is 10.7. The van der Waals surface area contributed by atoms with Crippen LogP contribution in [0.3, 0.4) is 0 Å². The maximum atomic E-state index is 10.4. The van der Waals surface area contributed by atoms with Gasteiger partial charge in [-0.1, -0.05) is 28.1 Å². The molecule has 0 aliphatic heterocycles. The molecule has 5 nitrogen and oxygen atoms in total. The molecule has 1 aromatic heterocycles. The summed E-state index contributed by atoms with van der Waals surface area (Å²) < 4.78 is 1.01. The third-order valence-electron chi connectivity index (χ3n) is 2.66. The lowest BCUT2D eigenvalue weighted by atomic mass is 10.1. The van der Waals surface area contributed by atoms with Gasteiger partial charge in [-0.25, -0.2) is 9.97 Å². The highest BCUT2D eigenvalue weighted by Crippen LogP contribution is 2.21. The molecule has 0 amide bonds. The first-order chi connectivity index (χ1) is 9.65. The van der Waals surface area contributed by atoms with E-state index in [9.17, 15) is 4.79 Å². The number of benzene rings is 1. The third-order valence-corrected chi connectivity index (χ3v) is 3.15. The van der Waals surface area contributed by atoms with Gasteiger partial charge < -0.3 is 10.4 Å². The number of carbonyl (C=O) groups is 1. The van der Waals surface area contributed by atoms with Gasteiger partial charge in [-0.2, -0.15) is 0 Å². The highest BCUT2D eigenvalue weighted by molar-refractivity contribution is 9.10. The van der Waals surface area contributed by atoms with E-state index in [1.54, 1.807) is 12.4 Å². The molecule has 0 aliphatic rings. The molecule has 2 aromatic rings. The Morgan fingerprint density at radius 1 is 1.25 bits per heavy atom. The van der Waals surface area contributed by atoms with Gasteiger partial charge in [0.15, 0.2) is 0 Å². The Kier molecular flexibility index (Phi) is 5.06. The second kappa shape index (κ2) is 7.00. The smallest absolute Gasteiger partial charge is 0.303 e. The summed E-state index contributed by atoms with van der Waals surface area (Å²) in [4.78, 5) is 18.8. The van der Waals surface area contributed by atoms with Gasteiger partial charge in [0, 0.05) is 35.4 Å². The quantitative estimate of drug-likeness (QED) is 0.793. The van der Waals surface area contributed by atoms with Crippen LogP contribution < -0.4 is 5.32 Å². The molecule has 0 saturated heterocycles. The van der Waals surface area contributed by atoms with E-state index in [0.717, 1.165) is 15.6 Å². The summed E-state index contributed by atoms with van der Waals surface area (Å²) in [6.45, 7) is 0.544. The Morgan fingerprint density at radius 2 is 2.00 bits per heavy atom. The number of carboxylic acid groups (broad SMARTS) is 1. The van der Waals surface area contributed by atoms with Crippen LogP contribution in [0.25, 0.3) is 11.1 Å². The summed E-state index contributed by atoms with van der Waals surface area (Å²) in [5.41, 5.74) is 1.97. The lowest BCUT2D eigenvalue weighted by molar-refractivity contribution is -0.137. The van der Waals surface area contributed by atoms with Crippen LogP contribution in [0.1, 0.15) is 12.8 Å². The molecule has 1 heterocycles. The second-order valence-corrected chi connectivity index (χ2v) is 5.15. The fourth-order valence-electron chi connectivity index (χ4n) is 1.68. The Bertz CT molecular complexity index is 587. The number of hydrogen-bond donors (Lipinski definition) is 2. The van der Waals surface area contributed by atoms with Crippen molar-refractivity contribution in [1.29, 1.82) is 0 Å². The third kappa shape index (κ3) is 4.31. The first-order valence-corrected chi connectivity index (χ1v) is 6.98. The van der Waals surface area contributed by atoms with Crippen molar-refractivity contribution in [2.75, 3.05) is 11.9 Å². The van der Waals surface area contributed by atoms with Crippen LogP contribution in [0.2, 0.25) is 0 Å². The lowest BCUT2D eigenvalue weighted by Crippen LogP contribution is -2.07. The van der Waals surface area contributed by atoms with Gasteiger partial charge in [0.25, 0.3) is 0 Å². The number of aliphatic carboxylic acids is 1. The molecular formula is C14H14BrN3O2. The number of aromatic nitrogens is 2. The minimum absolute atomic E-state index is 0.142. The minimum Gasteiger partial charge on any atom is -0.481 e. The number of nitrogens with zero attached hydrogens (tertiary/aromatic N) is 2. The standard InChI is InChI=1S/C14H14BrN3O2/c15-12-4-1-3-10(7-12)11-8-17-14(18-9-11)16-6-2-5-13(19)20/h1,3-4,7-9H,2,5-6H2,(H,19,20)(H,16,17,18). The SMILES string of the molecule is O=C(O)CCCNc1ncc(-c2cccc(Br)c2)cn1. The summed E-state index contributed by atoms with van der Waals surface area (Å²) in [6.07, 6.45) is 4.18. The number of rotatable bonds is 6. The summed E-state index contributed by atoms with van der Waals surface area (Å²) >= 11 is 3.43. The predicted molar refractivity (Wildman–Crippen MR) is 80.5 cm³/mol. The van der Waals surface area contributed by atoms with Crippen molar-refractivity contribution in [3.8, 4) is 11.1 Å². The zero-order valence-corrected chi connectivity index (χ0v) is 12.3. The zero-order chi connectivity index (χ0) is 14.4. The Labute approximate surface area is 125 Å². The van der Waals surface area contributed by atoms with Gasteiger partial charge in [-0.05, 0) is 24.1 Å². The van der Waals surface area contributed by atoms with Gasteiger partial charge in [0.05, 0.1) is 0 Å². The van der Waals surface area contributed by atoms with Crippen LogP contribution in [-0.2, 0) is 4.79 Å². The number of carboxylic acids is 1. The molecule has 6 heteroatoms. The van der Waals surface area contributed by atoms with Crippen molar-refractivity contribution < 1.29 is 9.90 Å². The molecule has 0 radical (unpaired) electrons. The van der Waals surface area contributed by atoms with Crippen molar-refractivity contribution in [1.82, 2.24) is 9.97 Å². The van der Waals surface area contributed by atoms with Crippen LogP contribution in [-0.4, -0.2) is 27.6 Å². The first kappa shape index (κ1) is 14.5. The maximum absolute atomic E-state index is 10.4. The molecule has 0 fully saturated rings. The average Bonchev–Trinajstić information content (AvgIpc) is 2.44. The van der Waals surface area contributed by atoms with Crippen LogP contribution >= 0.6 is 15.9 Å². The second-order valence-electron chi connectivity index (χ2n) is 4.23. The molecule has 0 atom stereocenters. The van der Waals surface area contributed by atoms with Crippen LogP contribution in [0.4, 0.5) is 5.95 Å². The Hall–Kier alpha value is -1.95. The topological polar surface area (TPSA) is 75.1 Å². The highest BCUT2D eigenvalue weighted by Gasteiger charge is 2.01. The summed E-state index contributed by atoms with van der Waals surface area (Å²) in [6, 6.07) is 7.91. The predicted octanol–water partition coefficient (Wildman–Crippen LogP) is 3.18. The maximum Gasteiger partial charge on any atom is 0.303 e. The van der Waals surface area contributed by atoms with E-state index in [4.69, 9.17) is 5.11 Å². The Balaban J connectivity index is 1.94. The van der Waals surface area contributed by atoms with E-state index in [2.05, 4.69) is 31.2 Å². The van der Waals surface area contributed by atoms with Gasteiger partial charge >= 0.3 is 5.97 Å². The highest BCUT2D eigenvalue weighted by atomic mass is 79.9. The molecule has 2 N–H and O–H groups in total. The van der Waals surface area contributed by atoms with Crippen LogP contribution in [0.5, 0.6) is 0 Å². The lowest BCUT2D eigenvalue weighted by Gasteiger charge is -2.05. The van der Waals surface area contributed by atoms with Gasteiger partial charge in [0.2, 0.25) is 5.95 Å². The molecule has 0 saturated carbocycles. The van der Waals surface area contributed by atoms with Crippen molar-refractivity contribution in [3.05, 3.63) is 41.1 Å². The van der Waals surface area contributed by atoms with Gasteiger partial charge in [-0.3, -0.25) is 4.79 Å². The minimum atomic E-state index is -0.794. The molecule has 20 heavy (non-hydrogen) atoms. The van der Waals surface area contributed by atoms with Crippen LogP contribution in [0.15, 0.2) is 41.1 Å². The van der Waals surface area contributed by atoms with Crippen molar-refractivity contribution >= 4 is 27.8 Å². The number of halogens is 1. The molecule has 0 unspecified atom stereocenters. The fourth-order valence-corrected chi connectivity index (χ4v) is 2.08. The molecule has 0 spiro atoms. The van der Waals surface area contributed by atoms with E-state index in [-0.39, 0.29) is 6.42 Å². The largest absolute Gasteiger partial charge is 0.481 e.